The second-order valence-corrected chi connectivity index (χ2v) is 4.34. The molecule has 1 aliphatic heterocycles. The predicted molar refractivity (Wildman–Crippen MR) is 62.0 cm³/mol. The number of hydrogen-bond acceptors (Lipinski definition) is 3. The van der Waals surface area contributed by atoms with Crippen LogP contribution >= 0.6 is 0 Å². The molecule has 0 radical (unpaired) electrons. The third-order valence-corrected chi connectivity index (χ3v) is 3.38. The molecular formula is C11H18N4O. The first-order valence-electron chi connectivity index (χ1n) is 5.78. The lowest BCUT2D eigenvalue weighted by molar-refractivity contribution is -0.126. The first-order valence-corrected chi connectivity index (χ1v) is 5.78. The molecule has 1 aromatic heterocycles. The van der Waals surface area contributed by atoms with E-state index in [0.29, 0.717) is 5.82 Å². The number of piperidine rings is 1. The number of rotatable bonds is 3. The number of hydrogen-bond donors (Lipinski definition) is 3. The maximum Gasteiger partial charge on any atom is 0.233 e. The van der Waals surface area contributed by atoms with Crippen molar-refractivity contribution in [2.45, 2.75) is 26.2 Å². The van der Waals surface area contributed by atoms with E-state index in [0.717, 1.165) is 32.4 Å². The van der Waals surface area contributed by atoms with Crippen LogP contribution in [0.3, 0.4) is 0 Å². The van der Waals surface area contributed by atoms with Crippen LogP contribution in [0.25, 0.3) is 0 Å². The quantitative estimate of drug-likeness (QED) is 0.718. The highest BCUT2D eigenvalue weighted by Crippen LogP contribution is 2.31. The van der Waals surface area contributed by atoms with Gasteiger partial charge in [0.25, 0.3) is 0 Å². The summed E-state index contributed by atoms with van der Waals surface area (Å²) in [5.74, 6) is 0.759. The number of aromatic amines is 1. The zero-order chi connectivity index (χ0) is 11.4. The van der Waals surface area contributed by atoms with Crippen LogP contribution in [0.2, 0.25) is 0 Å². The number of nitrogens with zero attached hydrogens (tertiary/aromatic N) is 1. The second-order valence-electron chi connectivity index (χ2n) is 4.34. The van der Waals surface area contributed by atoms with Gasteiger partial charge in [0.15, 0.2) is 0 Å². The van der Waals surface area contributed by atoms with Crippen LogP contribution in [0.1, 0.15) is 26.2 Å². The summed E-state index contributed by atoms with van der Waals surface area (Å²) in [7, 11) is 0. The third-order valence-electron chi connectivity index (χ3n) is 3.38. The second kappa shape index (κ2) is 4.65. The molecule has 0 bridgehead atoms. The molecule has 5 nitrogen and oxygen atoms in total. The first kappa shape index (κ1) is 11.1. The SMILES string of the molecule is CCC1(C(=O)Nc2ccn[nH]2)CCCNC1. The van der Waals surface area contributed by atoms with Gasteiger partial charge in [-0.1, -0.05) is 6.92 Å². The van der Waals surface area contributed by atoms with Gasteiger partial charge in [0.2, 0.25) is 5.91 Å². The highest BCUT2D eigenvalue weighted by Gasteiger charge is 2.37. The van der Waals surface area contributed by atoms with E-state index in [2.05, 4.69) is 27.8 Å². The van der Waals surface area contributed by atoms with E-state index >= 15 is 0 Å². The lowest BCUT2D eigenvalue weighted by atomic mass is 9.77. The number of carbonyl (C=O) groups is 1. The van der Waals surface area contributed by atoms with Crippen LogP contribution in [0.15, 0.2) is 12.3 Å². The van der Waals surface area contributed by atoms with Gasteiger partial charge in [0.1, 0.15) is 5.82 Å². The number of anilines is 1. The summed E-state index contributed by atoms with van der Waals surface area (Å²) in [6, 6.07) is 1.76. The summed E-state index contributed by atoms with van der Waals surface area (Å²) < 4.78 is 0. The first-order chi connectivity index (χ1) is 7.77. The fraction of sp³-hybridized carbons (Fsp3) is 0.636. The zero-order valence-electron chi connectivity index (χ0n) is 9.55. The Balaban J connectivity index is 2.06. The van der Waals surface area contributed by atoms with Crippen molar-refractivity contribution in [3.63, 3.8) is 0 Å². The van der Waals surface area contributed by atoms with Gasteiger partial charge < -0.3 is 10.6 Å². The van der Waals surface area contributed by atoms with E-state index in [1.807, 2.05) is 0 Å². The summed E-state index contributed by atoms with van der Waals surface area (Å²) in [4.78, 5) is 12.2. The Morgan fingerprint density at radius 2 is 2.56 bits per heavy atom. The Morgan fingerprint density at radius 1 is 1.69 bits per heavy atom. The molecular weight excluding hydrogens is 204 g/mol. The van der Waals surface area contributed by atoms with Crippen molar-refractivity contribution >= 4 is 11.7 Å². The topological polar surface area (TPSA) is 69.8 Å². The minimum atomic E-state index is -0.261. The van der Waals surface area contributed by atoms with Gasteiger partial charge >= 0.3 is 0 Å². The number of aromatic nitrogens is 2. The van der Waals surface area contributed by atoms with Crippen molar-refractivity contribution in [1.82, 2.24) is 15.5 Å². The highest BCUT2D eigenvalue weighted by molar-refractivity contribution is 5.94. The largest absolute Gasteiger partial charge is 0.316 e. The maximum atomic E-state index is 12.2. The Morgan fingerprint density at radius 3 is 3.12 bits per heavy atom. The van der Waals surface area contributed by atoms with Gasteiger partial charge in [-0.05, 0) is 25.8 Å². The van der Waals surface area contributed by atoms with Crippen LogP contribution in [0.4, 0.5) is 5.82 Å². The average Bonchev–Trinajstić information content (AvgIpc) is 2.82. The van der Waals surface area contributed by atoms with Gasteiger partial charge in [0, 0.05) is 12.6 Å². The van der Waals surface area contributed by atoms with Gasteiger partial charge in [-0.15, -0.1) is 0 Å². The lowest BCUT2D eigenvalue weighted by Crippen LogP contribution is -2.47. The molecule has 88 valence electrons. The Kier molecular flexibility index (Phi) is 3.24. The number of nitrogens with one attached hydrogen (secondary N) is 3. The average molecular weight is 222 g/mol. The standard InChI is InChI=1S/C11H18N4O/c1-2-11(5-3-6-12-8-11)10(16)14-9-4-7-13-15-9/h4,7,12H,2-3,5-6,8H2,1H3,(H2,13,14,15,16). The van der Waals surface area contributed by atoms with E-state index in [4.69, 9.17) is 0 Å². The van der Waals surface area contributed by atoms with E-state index in [1.165, 1.54) is 0 Å². The smallest absolute Gasteiger partial charge is 0.233 e. The van der Waals surface area contributed by atoms with E-state index in [1.54, 1.807) is 12.3 Å². The summed E-state index contributed by atoms with van der Waals surface area (Å²) in [5, 5.41) is 12.7. The van der Waals surface area contributed by atoms with Gasteiger partial charge in [-0.25, -0.2) is 0 Å². The summed E-state index contributed by atoms with van der Waals surface area (Å²) in [5.41, 5.74) is -0.261. The summed E-state index contributed by atoms with van der Waals surface area (Å²) >= 11 is 0. The normalized spacial score (nSPS) is 25.3. The molecule has 2 rings (SSSR count). The highest BCUT2D eigenvalue weighted by atomic mass is 16.2. The van der Waals surface area contributed by atoms with Crippen molar-refractivity contribution in [3.05, 3.63) is 12.3 Å². The molecule has 5 heteroatoms. The minimum absolute atomic E-state index is 0.0893. The zero-order valence-corrected chi connectivity index (χ0v) is 9.55. The maximum absolute atomic E-state index is 12.2. The number of H-pyrrole nitrogens is 1. The Labute approximate surface area is 95.0 Å². The van der Waals surface area contributed by atoms with Gasteiger partial charge in [-0.2, -0.15) is 5.10 Å². The molecule has 0 aliphatic carbocycles. The predicted octanol–water partition coefficient (Wildman–Crippen LogP) is 1.13. The van der Waals surface area contributed by atoms with Crippen LogP contribution < -0.4 is 10.6 Å². The fourth-order valence-electron chi connectivity index (χ4n) is 2.20. The van der Waals surface area contributed by atoms with Crippen molar-refractivity contribution in [2.75, 3.05) is 18.4 Å². The molecule has 1 aromatic rings. The molecule has 1 fully saturated rings. The van der Waals surface area contributed by atoms with Crippen molar-refractivity contribution < 1.29 is 4.79 Å². The monoisotopic (exact) mass is 222 g/mol. The van der Waals surface area contributed by atoms with Crippen molar-refractivity contribution in [2.24, 2.45) is 5.41 Å². The number of amides is 1. The van der Waals surface area contributed by atoms with E-state index < -0.39 is 0 Å². The molecule has 1 unspecified atom stereocenters. The molecule has 2 heterocycles. The van der Waals surface area contributed by atoms with Crippen LogP contribution in [0.5, 0.6) is 0 Å². The molecule has 16 heavy (non-hydrogen) atoms. The molecule has 1 saturated heterocycles. The van der Waals surface area contributed by atoms with Crippen LogP contribution in [-0.4, -0.2) is 29.2 Å². The molecule has 0 aromatic carbocycles. The van der Waals surface area contributed by atoms with Gasteiger partial charge in [0.05, 0.1) is 11.6 Å². The minimum Gasteiger partial charge on any atom is -0.316 e. The Hall–Kier alpha value is -1.36. The lowest BCUT2D eigenvalue weighted by Gasteiger charge is -2.35. The summed E-state index contributed by atoms with van der Waals surface area (Å²) in [6.07, 6.45) is 4.51. The third kappa shape index (κ3) is 2.09. The Bertz CT molecular complexity index is 341. The molecule has 1 aliphatic rings. The van der Waals surface area contributed by atoms with Crippen LogP contribution in [-0.2, 0) is 4.79 Å². The van der Waals surface area contributed by atoms with Gasteiger partial charge in [-0.3, -0.25) is 9.89 Å². The molecule has 1 amide bonds. The summed E-state index contributed by atoms with van der Waals surface area (Å²) in [6.45, 7) is 3.85. The van der Waals surface area contributed by atoms with E-state index in [9.17, 15) is 4.79 Å². The van der Waals surface area contributed by atoms with E-state index in [-0.39, 0.29) is 11.3 Å². The molecule has 0 saturated carbocycles. The molecule has 0 spiro atoms. The molecule has 1 atom stereocenters. The van der Waals surface area contributed by atoms with Crippen molar-refractivity contribution in [3.8, 4) is 0 Å². The van der Waals surface area contributed by atoms with Crippen molar-refractivity contribution in [1.29, 1.82) is 0 Å². The number of carbonyl (C=O) groups excluding carboxylic acids is 1. The molecule has 3 N–H and O–H groups in total. The van der Waals surface area contributed by atoms with Crippen LogP contribution in [0, 0.1) is 5.41 Å². The fourth-order valence-corrected chi connectivity index (χ4v) is 2.20.